The van der Waals surface area contributed by atoms with E-state index in [1.54, 1.807) is 24.1 Å². The fourth-order valence-corrected chi connectivity index (χ4v) is 3.98. The van der Waals surface area contributed by atoms with Gasteiger partial charge in [0.25, 0.3) is 5.56 Å². The van der Waals surface area contributed by atoms with E-state index in [-0.39, 0.29) is 18.1 Å². The van der Waals surface area contributed by atoms with Crippen molar-refractivity contribution in [2.75, 3.05) is 51.8 Å². The van der Waals surface area contributed by atoms with Crippen molar-refractivity contribution in [3.8, 4) is 5.75 Å². The first-order valence-electron chi connectivity index (χ1n) is 11.1. The number of aromatic nitrogens is 1. The fraction of sp³-hybridized carbons (Fsp3) is 0.360. The number of H-pyrrole nitrogens is 1. The average Bonchev–Trinajstić information content (AvgIpc) is 2.83. The number of benzene rings is 2. The van der Waals surface area contributed by atoms with Crippen molar-refractivity contribution >= 4 is 22.6 Å². The van der Waals surface area contributed by atoms with E-state index in [4.69, 9.17) is 9.47 Å². The number of morpholine rings is 1. The third-order valence-electron chi connectivity index (χ3n) is 5.86. The van der Waals surface area contributed by atoms with Crippen LogP contribution in [0.3, 0.4) is 0 Å². The molecular formula is C25H30N4O4. The summed E-state index contributed by atoms with van der Waals surface area (Å²) in [5.41, 5.74) is 2.84. The van der Waals surface area contributed by atoms with Gasteiger partial charge in [-0.1, -0.05) is 23.8 Å². The predicted molar refractivity (Wildman–Crippen MR) is 129 cm³/mol. The number of fused-ring (bicyclic) bond motifs is 1. The Morgan fingerprint density at radius 3 is 2.76 bits per heavy atom. The van der Waals surface area contributed by atoms with Crippen LogP contribution in [0.15, 0.2) is 53.3 Å². The second kappa shape index (κ2) is 10.5. The Kier molecular flexibility index (Phi) is 7.26. The molecular weight excluding hydrogens is 420 g/mol. The zero-order valence-corrected chi connectivity index (χ0v) is 19.1. The Hall–Kier alpha value is -3.36. The second-order valence-corrected chi connectivity index (χ2v) is 8.22. The van der Waals surface area contributed by atoms with Crippen LogP contribution in [0.5, 0.6) is 5.75 Å². The number of anilines is 1. The van der Waals surface area contributed by atoms with Crippen molar-refractivity contribution in [2.45, 2.75) is 13.5 Å². The number of para-hydroxylation sites is 2. The van der Waals surface area contributed by atoms with Gasteiger partial charge in [0.05, 0.1) is 32.6 Å². The highest BCUT2D eigenvalue weighted by Crippen LogP contribution is 2.23. The number of aryl methyl sites for hydroxylation is 1. The number of amides is 2. The first-order chi connectivity index (χ1) is 16.0. The van der Waals surface area contributed by atoms with E-state index in [1.807, 2.05) is 43.3 Å². The van der Waals surface area contributed by atoms with Crippen molar-refractivity contribution in [1.29, 1.82) is 0 Å². The van der Waals surface area contributed by atoms with E-state index in [2.05, 4.69) is 15.2 Å². The summed E-state index contributed by atoms with van der Waals surface area (Å²) in [6.45, 7) is 6.44. The average molecular weight is 451 g/mol. The molecule has 0 bridgehead atoms. The molecule has 1 aromatic heterocycles. The number of aromatic amines is 1. The van der Waals surface area contributed by atoms with E-state index < -0.39 is 0 Å². The summed E-state index contributed by atoms with van der Waals surface area (Å²) in [6, 6.07) is 14.8. The maximum absolute atomic E-state index is 13.3. The van der Waals surface area contributed by atoms with Crippen LogP contribution in [0.1, 0.15) is 11.1 Å². The molecule has 0 saturated carbocycles. The summed E-state index contributed by atoms with van der Waals surface area (Å²) in [5.74, 6) is 0.581. The molecule has 33 heavy (non-hydrogen) atoms. The van der Waals surface area contributed by atoms with Crippen molar-refractivity contribution < 1.29 is 14.3 Å². The number of nitrogens with one attached hydrogen (secondary N) is 2. The van der Waals surface area contributed by atoms with Crippen LogP contribution in [0.25, 0.3) is 10.9 Å². The maximum Gasteiger partial charge on any atom is 0.322 e. The van der Waals surface area contributed by atoms with Crippen LogP contribution in [-0.4, -0.2) is 67.3 Å². The van der Waals surface area contributed by atoms with Gasteiger partial charge in [-0.25, -0.2) is 4.79 Å². The van der Waals surface area contributed by atoms with E-state index in [1.165, 1.54) is 0 Å². The zero-order valence-electron chi connectivity index (χ0n) is 19.1. The normalized spacial score (nSPS) is 14.2. The Morgan fingerprint density at radius 2 is 1.97 bits per heavy atom. The number of ether oxygens (including phenoxy) is 2. The molecule has 0 spiro atoms. The first-order valence-corrected chi connectivity index (χ1v) is 11.1. The molecule has 2 amide bonds. The Labute approximate surface area is 193 Å². The number of nitrogens with zero attached hydrogens (tertiary/aromatic N) is 2. The third kappa shape index (κ3) is 5.71. The summed E-state index contributed by atoms with van der Waals surface area (Å²) in [4.78, 5) is 33.0. The molecule has 0 unspecified atom stereocenters. The van der Waals surface area contributed by atoms with Gasteiger partial charge in [0.2, 0.25) is 0 Å². The lowest BCUT2D eigenvalue weighted by molar-refractivity contribution is 0.0349. The summed E-state index contributed by atoms with van der Waals surface area (Å²) >= 11 is 0. The van der Waals surface area contributed by atoms with Gasteiger partial charge in [-0.2, -0.15) is 0 Å². The van der Waals surface area contributed by atoms with E-state index in [0.717, 1.165) is 29.6 Å². The number of rotatable bonds is 7. The van der Waals surface area contributed by atoms with Gasteiger partial charge in [0.1, 0.15) is 5.75 Å². The highest BCUT2D eigenvalue weighted by Gasteiger charge is 2.20. The first kappa shape index (κ1) is 22.8. The lowest BCUT2D eigenvalue weighted by Crippen LogP contribution is -2.44. The lowest BCUT2D eigenvalue weighted by atomic mass is 10.1. The Bertz CT molecular complexity index is 1170. The van der Waals surface area contributed by atoms with Crippen LogP contribution in [0.2, 0.25) is 0 Å². The van der Waals surface area contributed by atoms with E-state index in [9.17, 15) is 9.59 Å². The highest BCUT2D eigenvalue weighted by atomic mass is 16.5. The van der Waals surface area contributed by atoms with Gasteiger partial charge >= 0.3 is 6.03 Å². The molecule has 8 nitrogen and oxygen atoms in total. The van der Waals surface area contributed by atoms with Gasteiger partial charge < -0.3 is 24.7 Å². The minimum atomic E-state index is -0.281. The van der Waals surface area contributed by atoms with Crippen molar-refractivity contribution in [1.82, 2.24) is 14.8 Å². The molecule has 3 aromatic rings. The molecule has 1 aliphatic heterocycles. The van der Waals surface area contributed by atoms with Crippen molar-refractivity contribution in [3.63, 3.8) is 0 Å². The number of urea groups is 1. The monoisotopic (exact) mass is 450 g/mol. The van der Waals surface area contributed by atoms with Crippen LogP contribution in [0, 0.1) is 6.92 Å². The van der Waals surface area contributed by atoms with Crippen LogP contribution in [-0.2, 0) is 11.3 Å². The van der Waals surface area contributed by atoms with Crippen molar-refractivity contribution in [2.24, 2.45) is 0 Å². The predicted octanol–water partition coefficient (Wildman–Crippen LogP) is 3.21. The molecule has 4 rings (SSSR count). The molecule has 2 aromatic carbocycles. The van der Waals surface area contributed by atoms with Crippen molar-refractivity contribution in [3.05, 3.63) is 70.0 Å². The number of pyridine rings is 1. The van der Waals surface area contributed by atoms with Gasteiger partial charge in [0, 0.05) is 37.3 Å². The standard InChI is InChI=1S/C25H30N4O4/c1-18-7-8-21-19(15-18)16-20(24(30)26-21)17-29(10-9-28-11-13-33-14-12-28)25(31)27-22-5-3-4-6-23(22)32-2/h3-8,15-16H,9-14,17H2,1-2H3,(H,26,30)(H,27,31). The lowest BCUT2D eigenvalue weighted by Gasteiger charge is -2.30. The van der Waals surface area contributed by atoms with Crippen LogP contribution in [0.4, 0.5) is 10.5 Å². The highest BCUT2D eigenvalue weighted by molar-refractivity contribution is 5.91. The van der Waals surface area contributed by atoms with Gasteiger partial charge in [-0.3, -0.25) is 9.69 Å². The van der Waals surface area contributed by atoms with E-state index in [0.29, 0.717) is 43.3 Å². The van der Waals surface area contributed by atoms with Crippen LogP contribution < -0.4 is 15.6 Å². The zero-order chi connectivity index (χ0) is 23.2. The Morgan fingerprint density at radius 1 is 1.18 bits per heavy atom. The number of carbonyl (C=O) groups excluding carboxylic acids is 1. The van der Waals surface area contributed by atoms with Gasteiger partial charge in [0.15, 0.2) is 0 Å². The number of carbonyl (C=O) groups is 1. The smallest absolute Gasteiger partial charge is 0.322 e. The molecule has 2 N–H and O–H groups in total. The fourth-order valence-electron chi connectivity index (χ4n) is 3.98. The molecule has 174 valence electrons. The molecule has 1 aliphatic rings. The summed E-state index contributed by atoms with van der Waals surface area (Å²) in [5, 5.41) is 3.89. The molecule has 0 atom stereocenters. The largest absolute Gasteiger partial charge is 0.495 e. The molecule has 0 radical (unpaired) electrons. The molecule has 2 heterocycles. The van der Waals surface area contributed by atoms with Crippen LogP contribution >= 0.6 is 0 Å². The van der Waals surface area contributed by atoms with Gasteiger partial charge in [-0.15, -0.1) is 0 Å². The molecule has 1 fully saturated rings. The summed E-state index contributed by atoms with van der Waals surface area (Å²) in [7, 11) is 1.57. The SMILES string of the molecule is COc1ccccc1NC(=O)N(CCN1CCOCC1)Cc1cc2cc(C)ccc2[nH]c1=O. The quantitative estimate of drug-likeness (QED) is 0.577. The van der Waals surface area contributed by atoms with E-state index >= 15 is 0 Å². The maximum atomic E-state index is 13.3. The Balaban J connectivity index is 1.57. The molecule has 0 aliphatic carbocycles. The number of hydrogen-bond acceptors (Lipinski definition) is 5. The van der Waals surface area contributed by atoms with Gasteiger partial charge in [-0.05, 0) is 42.6 Å². The number of hydrogen-bond donors (Lipinski definition) is 2. The molecule has 8 heteroatoms. The topological polar surface area (TPSA) is 86.9 Å². The minimum Gasteiger partial charge on any atom is -0.495 e. The summed E-state index contributed by atoms with van der Waals surface area (Å²) in [6.07, 6.45) is 0. The molecule has 1 saturated heterocycles. The summed E-state index contributed by atoms with van der Waals surface area (Å²) < 4.78 is 10.8. The minimum absolute atomic E-state index is 0.187. The second-order valence-electron chi connectivity index (χ2n) is 8.22. The number of methoxy groups -OCH3 is 1. The third-order valence-corrected chi connectivity index (χ3v) is 5.86.